The van der Waals surface area contributed by atoms with Crippen molar-refractivity contribution in [2.75, 3.05) is 43.9 Å². The molecular formula is C13H25N3O3S2. The first-order valence-electron chi connectivity index (χ1n) is 7.47. The van der Waals surface area contributed by atoms with Gasteiger partial charge in [-0.1, -0.05) is 0 Å². The van der Waals surface area contributed by atoms with E-state index in [9.17, 15) is 13.2 Å². The Morgan fingerprint density at radius 1 is 1.48 bits per heavy atom. The molecule has 0 saturated carbocycles. The van der Waals surface area contributed by atoms with Crippen molar-refractivity contribution in [2.24, 2.45) is 5.92 Å². The molecule has 122 valence electrons. The summed E-state index contributed by atoms with van der Waals surface area (Å²) in [6, 6.07) is 0.283. The van der Waals surface area contributed by atoms with Crippen molar-refractivity contribution < 1.29 is 13.2 Å². The van der Waals surface area contributed by atoms with Gasteiger partial charge in [-0.15, -0.1) is 0 Å². The van der Waals surface area contributed by atoms with E-state index < -0.39 is 10.0 Å². The normalized spacial score (nSPS) is 27.6. The van der Waals surface area contributed by atoms with Crippen LogP contribution in [0.1, 0.15) is 19.3 Å². The number of sulfonamides is 1. The smallest absolute Gasteiger partial charge is 0.224 e. The average molecular weight is 335 g/mol. The first-order valence-corrected chi connectivity index (χ1v) is 10.5. The minimum atomic E-state index is -3.15. The lowest BCUT2D eigenvalue weighted by molar-refractivity contribution is -0.133. The van der Waals surface area contributed by atoms with Gasteiger partial charge in [-0.25, -0.2) is 13.1 Å². The highest BCUT2D eigenvalue weighted by molar-refractivity contribution is 7.99. The third kappa shape index (κ3) is 6.14. The molecule has 0 spiro atoms. The van der Waals surface area contributed by atoms with Gasteiger partial charge in [-0.2, -0.15) is 11.8 Å². The first-order chi connectivity index (χ1) is 9.94. The Morgan fingerprint density at radius 3 is 2.95 bits per heavy atom. The monoisotopic (exact) mass is 335 g/mol. The fourth-order valence-corrected chi connectivity index (χ4v) is 4.31. The quantitative estimate of drug-likeness (QED) is 0.732. The van der Waals surface area contributed by atoms with Crippen LogP contribution in [-0.2, 0) is 14.8 Å². The van der Waals surface area contributed by atoms with Gasteiger partial charge in [0.1, 0.15) is 0 Å². The summed E-state index contributed by atoms with van der Waals surface area (Å²) < 4.78 is 24.9. The highest BCUT2D eigenvalue weighted by Crippen LogP contribution is 2.18. The lowest BCUT2D eigenvalue weighted by Crippen LogP contribution is -2.47. The number of carbonyl (C=O) groups is 1. The number of hydrogen-bond acceptors (Lipinski definition) is 5. The summed E-state index contributed by atoms with van der Waals surface area (Å²) >= 11 is 1.89. The number of carbonyl (C=O) groups excluding carboxylic acids is 1. The number of likely N-dealkylation sites (tertiary alicyclic amines) is 1. The molecular weight excluding hydrogens is 310 g/mol. The molecule has 0 radical (unpaired) electrons. The molecule has 2 fully saturated rings. The second-order valence-electron chi connectivity index (χ2n) is 5.90. The molecule has 0 bridgehead atoms. The third-order valence-electron chi connectivity index (χ3n) is 3.93. The average Bonchev–Trinajstić information content (AvgIpc) is 2.46. The van der Waals surface area contributed by atoms with Crippen molar-refractivity contribution in [3.8, 4) is 0 Å². The van der Waals surface area contributed by atoms with Gasteiger partial charge in [-0.05, 0) is 18.8 Å². The zero-order valence-electron chi connectivity index (χ0n) is 12.5. The molecule has 6 nitrogen and oxygen atoms in total. The molecule has 2 heterocycles. The van der Waals surface area contributed by atoms with Gasteiger partial charge in [-0.3, -0.25) is 4.79 Å². The Morgan fingerprint density at radius 2 is 2.29 bits per heavy atom. The van der Waals surface area contributed by atoms with E-state index in [4.69, 9.17) is 0 Å². The van der Waals surface area contributed by atoms with Crippen LogP contribution in [0.25, 0.3) is 0 Å². The number of hydrogen-bond donors (Lipinski definition) is 2. The zero-order chi connectivity index (χ0) is 15.3. The molecule has 8 heteroatoms. The van der Waals surface area contributed by atoms with Crippen LogP contribution in [-0.4, -0.2) is 69.2 Å². The number of piperidine rings is 1. The van der Waals surface area contributed by atoms with Crippen molar-refractivity contribution in [1.82, 2.24) is 14.9 Å². The Kier molecular flexibility index (Phi) is 6.34. The highest BCUT2D eigenvalue weighted by atomic mass is 32.2. The van der Waals surface area contributed by atoms with E-state index in [1.165, 1.54) is 6.26 Å². The van der Waals surface area contributed by atoms with Crippen molar-refractivity contribution in [1.29, 1.82) is 0 Å². The SMILES string of the molecule is CS(=O)(=O)NCC1CCCN(C(=O)CC2CSCCN2)C1. The van der Waals surface area contributed by atoms with Gasteiger partial charge >= 0.3 is 0 Å². The van der Waals surface area contributed by atoms with Crippen molar-refractivity contribution in [3.63, 3.8) is 0 Å². The zero-order valence-corrected chi connectivity index (χ0v) is 14.1. The van der Waals surface area contributed by atoms with Crippen LogP contribution in [0.4, 0.5) is 0 Å². The van der Waals surface area contributed by atoms with Gasteiger partial charge in [0.25, 0.3) is 0 Å². The molecule has 2 unspecified atom stereocenters. The minimum absolute atomic E-state index is 0.194. The van der Waals surface area contributed by atoms with Gasteiger partial charge in [0.15, 0.2) is 0 Å². The lowest BCUT2D eigenvalue weighted by atomic mass is 9.98. The summed E-state index contributed by atoms with van der Waals surface area (Å²) in [6.45, 7) is 2.87. The molecule has 0 aromatic carbocycles. The fraction of sp³-hybridized carbons (Fsp3) is 0.923. The highest BCUT2D eigenvalue weighted by Gasteiger charge is 2.26. The van der Waals surface area contributed by atoms with Crippen LogP contribution in [0, 0.1) is 5.92 Å². The van der Waals surface area contributed by atoms with Gasteiger partial charge in [0.2, 0.25) is 15.9 Å². The second-order valence-corrected chi connectivity index (χ2v) is 8.88. The molecule has 2 saturated heterocycles. The van der Waals surface area contributed by atoms with E-state index in [1.807, 2.05) is 16.7 Å². The summed E-state index contributed by atoms with van der Waals surface area (Å²) in [5.74, 6) is 2.54. The van der Waals surface area contributed by atoms with Gasteiger partial charge < -0.3 is 10.2 Å². The molecule has 2 rings (SSSR count). The molecule has 0 aromatic heterocycles. The van der Waals surface area contributed by atoms with E-state index in [2.05, 4.69) is 10.0 Å². The molecule has 0 aromatic rings. The maximum Gasteiger partial charge on any atom is 0.224 e. The van der Waals surface area contributed by atoms with Crippen LogP contribution in [0.5, 0.6) is 0 Å². The van der Waals surface area contributed by atoms with E-state index in [0.717, 1.165) is 37.4 Å². The number of amides is 1. The van der Waals surface area contributed by atoms with Crippen LogP contribution in [0.15, 0.2) is 0 Å². The number of rotatable bonds is 5. The maximum absolute atomic E-state index is 12.4. The number of nitrogens with zero attached hydrogens (tertiary/aromatic N) is 1. The molecule has 1 amide bonds. The lowest BCUT2D eigenvalue weighted by Gasteiger charge is -2.34. The number of thioether (sulfide) groups is 1. The maximum atomic E-state index is 12.4. The Hall–Kier alpha value is -0.310. The van der Waals surface area contributed by atoms with Gasteiger partial charge in [0, 0.05) is 50.1 Å². The van der Waals surface area contributed by atoms with Crippen molar-refractivity contribution in [3.05, 3.63) is 0 Å². The third-order valence-corrected chi connectivity index (χ3v) is 5.75. The van der Waals surface area contributed by atoms with Crippen molar-refractivity contribution in [2.45, 2.75) is 25.3 Å². The largest absolute Gasteiger partial charge is 0.342 e. The van der Waals surface area contributed by atoms with E-state index in [0.29, 0.717) is 19.5 Å². The van der Waals surface area contributed by atoms with Crippen molar-refractivity contribution >= 4 is 27.7 Å². The predicted octanol–water partition coefficient (Wildman–Crippen LogP) is -0.131. The van der Waals surface area contributed by atoms with Gasteiger partial charge in [0.05, 0.1) is 6.26 Å². The first kappa shape index (κ1) is 17.1. The van der Waals surface area contributed by atoms with Crippen LogP contribution in [0.3, 0.4) is 0 Å². The summed E-state index contributed by atoms with van der Waals surface area (Å²) in [4.78, 5) is 14.3. The number of nitrogens with one attached hydrogen (secondary N) is 2. The molecule has 2 N–H and O–H groups in total. The topological polar surface area (TPSA) is 78.5 Å². The summed E-state index contributed by atoms with van der Waals surface area (Å²) in [7, 11) is -3.15. The Bertz CT molecular complexity index is 450. The van der Waals surface area contributed by atoms with Crippen LogP contribution >= 0.6 is 11.8 Å². The molecule has 2 aliphatic rings. The Balaban J connectivity index is 1.78. The minimum Gasteiger partial charge on any atom is -0.342 e. The van der Waals surface area contributed by atoms with E-state index in [1.54, 1.807) is 0 Å². The van der Waals surface area contributed by atoms with E-state index in [-0.39, 0.29) is 17.9 Å². The van der Waals surface area contributed by atoms with Crippen LogP contribution < -0.4 is 10.0 Å². The summed E-state index contributed by atoms with van der Waals surface area (Å²) in [5, 5.41) is 3.39. The fourth-order valence-electron chi connectivity index (χ4n) is 2.82. The second kappa shape index (κ2) is 7.80. The molecule has 21 heavy (non-hydrogen) atoms. The molecule has 0 aliphatic carbocycles. The van der Waals surface area contributed by atoms with Crippen LogP contribution in [0.2, 0.25) is 0 Å². The van der Waals surface area contributed by atoms with E-state index >= 15 is 0 Å². The Labute approximate surface area is 131 Å². The summed E-state index contributed by atoms with van der Waals surface area (Å²) in [5.41, 5.74) is 0. The standard InChI is InChI=1S/C13H25N3O3S2/c1-21(18,19)15-8-11-3-2-5-16(9-11)13(17)7-12-10-20-6-4-14-12/h11-12,14-15H,2-10H2,1H3. The summed E-state index contributed by atoms with van der Waals surface area (Å²) in [6.07, 6.45) is 3.66. The predicted molar refractivity (Wildman–Crippen MR) is 85.9 cm³/mol. The molecule has 2 aliphatic heterocycles. The molecule has 2 atom stereocenters.